The summed E-state index contributed by atoms with van der Waals surface area (Å²) in [5.41, 5.74) is 1.39. The van der Waals surface area contributed by atoms with Gasteiger partial charge in [-0.1, -0.05) is 12.1 Å². The van der Waals surface area contributed by atoms with Crippen LogP contribution in [-0.2, 0) is 26.8 Å². The van der Waals surface area contributed by atoms with Crippen molar-refractivity contribution in [3.05, 3.63) is 29.8 Å². The topological polar surface area (TPSA) is 66.5 Å². The zero-order valence-corrected chi connectivity index (χ0v) is 15.0. The second-order valence-corrected chi connectivity index (χ2v) is 10.4. The number of nitrogens with one attached hydrogen (secondary N) is 1. The van der Waals surface area contributed by atoms with Crippen LogP contribution in [0.25, 0.3) is 0 Å². The van der Waals surface area contributed by atoms with Gasteiger partial charge in [0, 0.05) is 34.4 Å². The molecule has 1 aromatic rings. The lowest BCUT2D eigenvalue weighted by atomic mass is 10.2. The van der Waals surface area contributed by atoms with Crippen LogP contribution < -0.4 is 4.72 Å². The molecule has 0 spiro atoms. The normalized spacial score (nSPS) is 18.3. The lowest BCUT2D eigenvalue weighted by Crippen LogP contribution is -2.33. The molecule has 1 N–H and O–H groups in total. The highest BCUT2D eigenvalue weighted by molar-refractivity contribution is 7.90. The van der Waals surface area contributed by atoms with Crippen LogP contribution in [-0.4, -0.2) is 34.8 Å². The van der Waals surface area contributed by atoms with Gasteiger partial charge in [-0.2, -0.15) is 12.7 Å². The summed E-state index contributed by atoms with van der Waals surface area (Å²) in [4.78, 5) is 0. The summed E-state index contributed by atoms with van der Waals surface area (Å²) in [5.74, 6) is 0.419. The molecule has 1 heterocycles. The fourth-order valence-corrected chi connectivity index (χ4v) is 4.44. The second-order valence-electron chi connectivity index (χ2n) is 6.52. The molecule has 1 saturated heterocycles. The number of hydrogen-bond acceptors (Lipinski definition) is 3. The number of hydrogen-bond donors (Lipinski definition) is 1. The Morgan fingerprint density at radius 2 is 1.86 bits per heavy atom. The minimum Gasteiger partial charge on any atom is -0.271 e. The summed E-state index contributed by atoms with van der Waals surface area (Å²) >= 11 is 0. The van der Waals surface area contributed by atoms with Gasteiger partial charge in [0.2, 0.25) is 0 Å². The van der Waals surface area contributed by atoms with Gasteiger partial charge in [-0.05, 0) is 51.3 Å². The Balaban J connectivity index is 2.10. The first-order valence-corrected chi connectivity index (χ1v) is 10.2. The third-order valence-corrected chi connectivity index (χ3v) is 7.06. The van der Waals surface area contributed by atoms with Crippen LogP contribution in [0, 0.1) is 0 Å². The largest absolute Gasteiger partial charge is 0.301 e. The second kappa shape index (κ2) is 6.68. The number of rotatable bonds is 5. The standard InChI is InChI=1S/C15H24N2O3S2/c1-15(2,3)21(18)12-13-7-6-8-14(11-13)16-22(19,20)17-9-4-5-10-17/h6-8,11,16H,4-5,9-10,12H2,1-3H3/t21-/m0/s1. The maximum Gasteiger partial charge on any atom is 0.301 e. The fourth-order valence-electron chi connectivity index (χ4n) is 2.23. The smallest absolute Gasteiger partial charge is 0.271 e. The molecule has 5 nitrogen and oxygen atoms in total. The van der Waals surface area contributed by atoms with Crippen LogP contribution in [0.4, 0.5) is 5.69 Å². The van der Waals surface area contributed by atoms with Gasteiger partial charge in [-0.3, -0.25) is 8.93 Å². The highest BCUT2D eigenvalue weighted by atomic mass is 32.2. The summed E-state index contributed by atoms with van der Waals surface area (Å²) in [6.07, 6.45) is 1.82. The molecule has 1 aromatic carbocycles. The van der Waals surface area contributed by atoms with E-state index in [0.29, 0.717) is 24.5 Å². The van der Waals surface area contributed by atoms with E-state index in [4.69, 9.17) is 0 Å². The Kier molecular flexibility index (Phi) is 5.29. The molecule has 124 valence electrons. The molecular formula is C15H24N2O3S2. The van der Waals surface area contributed by atoms with E-state index in [9.17, 15) is 12.6 Å². The molecule has 7 heteroatoms. The first-order chi connectivity index (χ1) is 10.2. The molecule has 0 saturated carbocycles. The summed E-state index contributed by atoms with van der Waals surface area (Å²) in [6.45, 7) is 6.95. The molecule has 0 amide bonds. The van der Waals surface area contributed by atoms with Gasteiger partial charge in [0.25, 0.3) is 0 Å². The zero-order chi connectivity index (χ0) is 16.4. The van der Waals surface area contributed by atoms with E-state index in [-0.39, 0.29) is 4.75 Å². The third-order valence-electron chi connectivity index (χ3n) is 3.56. The molecule has 2 rings (SSSR count). The van der Waals surface area contributed by atoms with Crippen molar-refractivity contribution in [1.82, 2.24) is 4.31 Å². The molecule has 0 bridgehead atoms. The summed E-state index contributed by atoms with van der Waals surface area (Å²) < 4.78 is 40.5. The molecule has 22 heavy (non-hydrogen) atoms. The Hall–Kier alpha value is -0.920. The molecule has 0 aliphatic carbocycles. The van der Waals surface area contributed by atoms with Gasteiger partial charge < -0.3 is 0 Å². The van der Waals surface area contributed by atoms with Crippen LogP contribution in [0.5, 0.6) is 0 Å². The van der Waals surface area contributed by atoms with Crippen molar-refractivity contribution >= 4 is 26.7 Å². The van der Waals surface area contributed by atoms with Crippen LogP contribution in [0.2, 0.25) is 0 Å². The van der Waals surface area contributed by atoms with Crippen LogP contribution >= 0.6 is 0 Å². The van der Waals surface area contributed by atoms with Gasteiger partial charge in [0.1, 0.15) is 0 Å². The first kappa shape index (κ1) is 17.4. The van der Waals surface area contributed by atoms with Gasteiger partial charge in [0.15, 0.2) is 0 Å². The lowest BCUT2D eigenvalue weighted by molar-refractivity contribution is 0.482. The van der Waals surface area contributed by atoms with Gasteiger partial charge >= 0.3 is 10.2 Å². The molecule has 1 aliphatic rings. The summed E-state index contributed by atoms with van der Waals surface area (Å²) in [5, 5.41) is 0. The maximum atomic E-state index is 12.2. The van der Waals surface area contributed by atoms with Crippen LogP contribution in [0.1, 0.15) is 39.2 Å². The summed E-state index contributed by atoms with van der Waals surface area (Å²) in [6, 6.07) is 7.14. The average Bonchev–Trinajstić information content (AvgIpc) is 2.92. The Bertz CT molecular complexity index is 645. The number of anilines is 1. The van der Waals surface area contributed by atoms with Crippen molar-refractivity contribution in [3.63, 3.8) is 0 Å². The highest BCUT2D eigenvalue weighted by Crippen LogP contribution is 2.21. The van der Waals surface area contributed by atoms with Gasteiger partial charge in [0.05, 0.1) is 5.69 Å². The zero-order valence-electron chi connectivity index (χ0n) is 13.3. The van der Waals surface area contributed by atoms with Crippen molar-refractivity contribution in [2.45, 2.75) is 44.1 Å². The van der Waals surface area contributed by atoms with E-state index >= 15 is 0 Å². The van der Waals surface area contributed by atoms with Gasteiger partial charge in [-0.25, -0.2) is 0 Å². The molecule has 0 unspecified atom stereocenters. The van der Waals surface area contributed by atoms with Crippen molar-refractivity contribution in [2.75, 3.05) is 17.8 Å². The van der Waals surface area contributed by atoms with E-state index in [0.717, 1.165) is 18.4 Å². The molecular weight excluding hydrogens is 320 g/mol. The SMILES string of the molecule is CC(C)(C)[S@@](=O)Cc1cccc(NS(=O)(=O)N2CCCC2)c1. The minimum absolute atomic E-state index is 0.287. The van der Waals surface area contributed by atoms with E-state index in [2.05, 4.69) is 4.72 Å². The van der Waals surface area contributed by atoms with Crippen molar-refractivity contribution < 1.29 is 12.6 Å². The number of nitrogens with zero attached hydrogens (tertiary/aromatic N) is 1. The van der Waals surface area contributed by atoms with Crippen LogP contribution in [0.3, 0.4) is 0 Å². The Morgan fingerprint density at radius 1 is 1.23 bits per heavy atom. The van der Waals surface area contributed by atoms with E-state index in [1.54, 1.807) is 18.2 Å². The Morgan fingerprint density at radius 3 is 2.45 bits per heavy atom. The van der Waals surface area contributed by atoms with Crippen molar-refractivity contribution in [3.8, 4) is 0 Å². The average molecular weight is 345 g/mol. The number of benzene rings is 1. The minimum atomic E-state index is -3.48. The van der Waals surface area contributed by atoms with Gasteiger partial charge in [-0.15, -0.1) is 0 Å². The maximum absolute atomic E-state index is 12.2. The molecule has 1 atom stereocenters. The molecule has 1 aliphatic heterocycles. The summed E-state index contributed by atoms with van der Waals surface area (Å²) in [7, 11) is -4.49. The fraction of sp³-hybridized carbons (Fsp3) is 0.600. The predicted molar refractivity (Wildman–Crippen MR) is 91.4 cm³/mol. The highest BCUT2D eigenvalue weighted by Gasteiger charge is 2.25. The van der Waals surface area contributed by atoms with E-state index < -0.39 is 21.0 Å². The predicted octanol–water partition coefficient (Wildman–Crippen LogP) is 2.49. The monoisotopic (exact) mass is 344 g/mol. The first-order valence-electron chi connectivity index (χ1n) is 7.44. The van der Waals surface area contributed by atoms with Crippen molar-refractivity contribution in [2.24, 2.45) is 0 Å². The van der Waals surface area contributed by atoms with Crippen LogP contribution in [0.15, 0.2) is 24.3 Å². The van der Waals surface area contributed by atoms with Crippen molar-refractivity contribution in [1.29, 1.82) is 0 Å². The molecule has 0 aromatic heterocycles. The van der Waals surface area contributed by atoms with E-state index in [1.165, 1.54) is 4.31 Å². The Labute approximate surface area is 135 Å². The quantitative estimate of drug-likeness (QED) is 0.892. The van der Waals surface area contributed by atoms with E-state index in [1.807, 2.05) is 26.8 Å². The molecule has 1 fully saturated rings. The lowest BCUT2D eigenvalue weighted by Gasteiger charge is -2.19. The molecule has 0 radical (unpaired) electrons. The third kappa shape index (κ3) is 4.54.